The van der Waals surface area contributed by atoms with Crippen molar-refractivity contribution in [1.82, 2.24) is 20.5 Å². The minimum Gasteiger partial charge on any atom is -0.357 e. The lowest BCUT2D eigenvalue weighted by molar-refractivity contribution is 0.198. The highest BCUT2D eigenvalue weighted by atomic mass is 15.2. The molecule has 0 radical (unpaired) electrons. The Hall–Kier alpha value is -2.60. The number of benzene rings is 1. The Kier molecular flexibility index (Phi) is 8.59. The number of nitrogens with one attached hydrogen (secondary N) is 2. The maximum atomic E-state index is 4.84. The van der Waals surface area contributed by atoms with E-state index in [1.807, 2.05) is 6.20 Å². The summed E-state index contributed by atoms with van der Waals surface area (Å²) >= 11 is 0. The van der Waals surface area contributed by atoms with Gasteiger partial charge in [-0.25, -0.2) is 9.98 Å². The zero-order valence-corrected chi connectivity index (χ0v) is 20.3. The molecule has 2 aromatic rings. The van der Waals surface area contributed by atoms with Gasteiger partial charge in [-0.1, -0.05) is 43.3 Å². The summed E-state index contributed by atoms with van der Waals surface area (Å²) in [7, 11) is 0. The van der Waals surface area contributed by atoms with E-state index in [4.69, 9.17) is 9.98 Å². The van der Waals surface area contributed by atoms with Gasteiger partial charge < -0.3 is 15.5 Å². The Labute approximate surface area is 199 Å². The van der Waals surface area contributed by atoms with Crippen LogP contribution in [0, 0.1) is 5.92 Å². The van der Waals surface area contributed by atoms with E-state index < -0.39 is 0 Å². The average Bonchev–Trinajstić information content (AvgIpc) is 2.85. The molecule has 0 spiro atoms. The Balaban J connectivity index is 1.25. The van der Waals surface area contributed by atoms with Gasteiger partial charge in [-0.3, -0.25) is 4.90 Å². The number of piperidine rings is 2. The number of aliphatic imine (C=N–C) groups is 1. The lowest BCUT2D eigenvalue weighted by Crippen LogP contribution is -2.48. The fourth-order valence-electron chi connectivity index (χ4n) is 4.70. The molecule has 0 atom stereocenters. The maximum absolute atomic E-state index is 4.84. The van der Waals surface area contributed by atoms with Crippen LogP contribution >= 0.6 is 0 Å². The van der Waals surface area contributed by atoms with Crippen molar-refractivity contribution < 1.29 is 0 Å². The largest absolute Gasteiger partial charge is 0.357 e. The van der Waals surface area contributed by atoms with Gasteiger partial charge in [0.15, 0.2) is 5.96 Å². The second-order valence-electron chi connectivity index (χ2n) is 9.57. The lowest BCUT2D eigenvalue weighted by Gasteiger charge is -2.33. The molecule has 4 rings (SSSR count). The number of hydrogen-bond acceptors (Lipinski definition) is 4. The van der Waals surface area contributed by atoms with Crippen molar-refractivity contribution in [2.45, 2.75) is 58.7 Å². The molecule has 178 valence electrons. The minimum atomic E-state index is 0.469. The van der Waals surface area contributed by atoms with Gasteiger partial charge in [-0.2, -0.15) is 0 Å². The average molecular weight is 449 g/mol. The summed E-state index contributed by atoms with van der Waals surface area (Å²) in [5.74, 6) is 2.85. The van der Waals surface area contributed by atoms with Crippen molar-refractivity contribution in [1.29, 1.82) is 0 Å². The normalized spacial score (nSPS) is 19.0. The number of likely N-dealkylation sites (tertiary alicyclic amines) is 1. The van der Waals surface area contributed by atoms with Gasteiger partial charge in [0.2, 0.25) is 0 Å². The standard InChI is InChI=1S/C27H40N6/c1-3-28-27(31-25-13-15-32(16-14-25)21-23-7-5-4-6-8-23)30-20-24-9-10-26(29-19-24)33-17-11-22(2)12-18-33/h4-10,19,22,25H,3,11-18,20-21H2,1-2H3,(H2,28,30,31). The summed E-state index contributed by atoms with van der Waals surface area (Å²) in [6, 6.07) is 15.6. The van der Waals surface area contributed by atoms with Crippen LogP contribution in [0.3, 0.4) is 0 Å². The monoisotopic (exact) mass is 448 g/mol. The SMILES string of the molecule is CCNC(=NCc1ccc(N2CCC(C)CC2)nc1)NC1CCN(Cc2ccccc2)CC1. The van der Waals surface area contributed by atoms with Crippen LogP contribution in [0.1, 0.15) is 50.7 Å². The Morgan fingerprint density at radius 2 is 1.73 bits per heavy atom. The van der Waals surface area contributed by atoms with Crippen LogP contribution < -0.4 is 15.5 Å². The van der Waals surface area contributed by atoms with Crippen molar-refractivity contribution >= 4 is 11.8 Å². The third-order valence-corrected chi connectivity index (χ3v) is 6.86. The molecule has 2 fully saturated rings. The van der Waals surface area contributed by atoms with Crippen LogP contribution in [-0.4, -0.2) is 54.6 Å². The Bertz CT molecular complexity index is 850. The molecule has 2 aliphatic rings. The van der Waals surface area contributed by atoms with Crippen LogP contribution in [0.4, 0.5) is 5.82 Å². The highest BCUT2D eigenvalue weighted by molar-refractivity contribution is 5.80. The van der Waals surface area contributed by atoms with Gasteiger partial charge in [0, 0.05) is 51.5 Å². The highest BCUT2D eigenvalue weighted by Crippen LogP contribution is 2.21. The topological polar surface area (TPSA) is 55.8 Å². The quantitative estimate of drug-likeness (QED) is 0.495. The first-order chi connectivity index (χ1) is 16.2. The number of nitrogens with zero attached hydrogens (tertiary/aromatic N) is 4. The highest BCUT2D eigenvalue weighted by Gasteiger charge is 2.20. The van der Waals surface area contributed by atoms with Crippen LogP contribution in [-0.2, 0) is 13.1 Å². The van der Waals surface area contributed by atoms with Gasteiger partial charge in [-0.15, -0.1) is 0 Å². The fourth-order valence-corrected chi connectivity index (χ4v) is 4.70. The molecular weight excluding hydrogens is 408 g/mol. The van der Waals surface area contributed by atoms with Crippen molar-refractivity contribution in [3.8, 4) is 0 Å². The van der Waals surface area contributed by atoms with E-state index >= 15 is 0 Å². The van der Waals surface area contributed by atoms with Gasteiger partial charge in [0.05, 0.1) is 6.54 Å². The zero-order chi connectivity index (χ0) is 22.9. The summed E-state index contributed by atoms with van der Waals surface area (Å²) in [6.45, 7) is 11.5. The smallest absolute Gasteiger partial charge is 0.191 e. The molecule has 6 nitrogen and oxygen atoms in total. The van der Waals surface area contributed by atoms with Gasteiger partial charge in [0.25, 0.3) is 0 Å². The summed E-state index contributed by atoms with van der Waals surface area (Å²) < 4.78 is 0. The number of aromatic nitrogens is 1. The summed E-state index contributed by atoms with van der Waals surface area (Å²) in [5, 5.41) is 7.08. The summed E-state index contributed by atoms with van der Waals surface area (Å²) in [4.78, 5) is 14.5. The van der Waals surface area contributed by atoms with Crippen molar-refractivity contribution in [2.24, 2.45) is 10.9 Å². The second kappa shape index (κ2) is 12.0. The molecule has 6 heteroatoms. The molecule has 0 bridgehead atoms. The van der Waals surface area contributed by atoms with Crippen LogP contribution in [0.15, 0.2) is 53.7 Å². The molecule has 0 amide bonds. The second-order valence-corrected chi connectivity index (χ2v) is 9.57. The van der Waals surface area contributed by atoms with E-state index in [0.717, 1.165) is 75.4 Å². The number of hydrogen-bond donors (Lipinski definition) is 2. The van der Waals surface area contributed by atoms with Crippen molar-refractivity contribution in [3.63, 3.8) is 0 Å². The zero-order valence-electron chi connectivity index (χ0n) is 20.3. The van der Waals surface area contributed by atoms with Gasteiger partial charge >= 0.3 is 0 Å². The van der Waals surface area contributed by atoms with Crippen LogP contribution in [0.5, 0.6) is 0 Å². The van der Waals surface area contributed by atoms with E-state index in [1.165, 1.54) is 18.4 Å². The number of rotatable bonds is 7. The first-order valence-electron chi connectivity index (χ1n) is 12.7. The minimum absolute atomic E-state index is 0.469. The molecule has 0 saturated carbocycles. The Morgan fingerprint density at radius 3 is 2.39 bits per heavy atom. The molecule has 2 N–H and O–H groups in total. The first-order valence-corrected chi connectivity index (χ1v) is 12.7. The van der Waals surface area contributed by atoms with E-state index in [0.29, 0.717) is 12.6 Å². The predicted molar refractivity (Wildman–Crippen MR) is 138 cm³/mol. The number of guanidine groups is 1. The van der Waals surface area contributed by atoms with Crippen LogP contribution in [0.2, 0.25) is 0 Å². The number of pyridine rings is 1. The van der Waals surface area contributed by atoms with E-state index in [2.05, 4.69) is 76.7 Å². The molecule has 2 aliphatic heterocycles. The fraction of sp³-hybridized carbons (Fsp3) is 0.556. The predicted octanol–water partition coefficient (Wildman–Crippen LogP) is 4.04. The van der Waals surface area contributed by atoms with Gasteiger partial charge in [-0.05, 0) is 55.7 Å². The summed E-state index contributed by atoms with van der Waals surface area (Å²) in [5.41, 5.74) is 2.55. The van der Waals surface area contributed by atoms with E-state index in [9.17, 15) is 0 Å². The Morgan fingerprint density at radius 1 is 0.970 bits per heavy atom. The molecule has 1 aromatic heterocycles. The third-order valence-electron chi connectivity index (χ3n) is 6.86. The molecule has 1 aromatic carbocycles. The van der Waals surface area contributed by atoms with Crippen molar-refractivity contribution in [3.05, 3.63) is 59.8 Å². The molecule has 0 aliphatic carbocycles. The third kappa shape index (κ3) is 7.19. The molecule has 33 heavy (non-hydrogen) atoms. The molecule has 2 saturated heterocycles. The first kappa shape index (κ1) is 23.6. The van der Waals surface area contributed by atoms with E-state index in [-0.39, 0.29) is 0 Å². The molecular formula is C27H40N6. The van der Waals surface area contributed by atoms with E-state index in [1.54, 1.807) is 0 Å². The lowest BCUT2D eigenvalue weighted by atomic mass is 9.99. The molecule has 3 heterocycles. The number of anilines is 1. The molecule has 0 unspecified atom stereocenters. The van der Waals surface area contributed by atoms with Gasteiger partial charge in [0.1, 0.15) is 5.82 Å². The maximum Gasteiger partial charge on any atom is 0.191 e. The van der Waals surface area contributed by atoms with Crippen molar-refractivity contribution in [2.75, 3.05) is 37.6 Å². The van der Waals surface area contributed by atoms with Crippen LogP contribution in [0.25, 0.3) is 0 Å². The summed E-state index contributed by atoms with van der Waals surface area (Å²) in [6.07, 6.45) is 6.79.